The highest BCUT2D eigenvalue weighted by atomic mass is 32.1. The van der Waals surface area contributed by atoms with Gasteiger partial charge < -0.3 is 10.2 Å². The molecule has 22 heavy (non-hydrogen) atoms. The van der Waals surface area contributed by atoms with Crippen LogP contribution in [-0.2, 0) is 13.0 Å². The molecule has 2 heterocycles. The number of thiophene rings is 1. The lowest BCUT2D eigenvalue weighted by molar-refractivity contribution is 0.0670. The Labute approximate surface area is 131 Å². The van der Waals surface area contributed by atoms with E-state index in [-0.39, 0.29) is 24.8 Å². The van der Waals surface area contributed by atoms with Crippen molar-refractivity contribution < 1.29 is 13.6 Å². The molecule has 0 bridgehead atoms. The summed E-state index contributed by atoms with van der Waals surface area (Å²) in [6, 6.07) is 3.71. The van der Waals surface area contributed by atoms with Gasteiger partial charge in [0.15, 0.2) is 0 Å². The smallest absolute Gasteiger partial charge is 0.319 e. The second kappa shape index (κ2) is 7.88. The molecule has 120 valence electrons. The lowest BCUT2D eigenvalue weighted by atomic mass is 10.4. The summed E-state index contributed by atoms with van der Waals surface area (Å²) in [7, 11) is 0. The number of alkyl halides is 2. The maximum absolute atomic E-state index is 12.7. The number of nitrogens with zero attached hydrogens (tertiary/aromatic N) is 3. The van der Waals surface area contributed by atoms with Gasteiger partial charge in [-0.3, -0.25) is 4.57 Å². The number of amides is 2. The maximum atomic E-state index is 12.7. The third kappa shape index (κ3) is 4.27. The zero-order valence-corrected chi connectivity index (χ0v) is 13.0. The number of carbonyl (C=O) groups excluding carboxylic acids is 1. The summed E-state index contributed by atoms with van der Waals surface area (Å²) < 4.78 is 26.1. The van der Waals surface area contributed by atoms with Crippen LogP contribution in [0.25, 0.3) is 0 Å². The molecule has 0 aliphatic heterocycles. The van der Waals surface area contributed by atoms with Crippen LogP contribution in [0.1, 0.15) is 24.2 Å². The topological polar surface area (TPSA) is 50.2 Å². The van der Waals surface area contributed by atoms with Crippen LogP contribution in [-0.4, -0.2) is 33.6 Å². The van der Waals surface area contributed by atoms with Gasteiger partial charge in [-0.05, 0) is 18.4 Å². The highest BCUT2D eigenvalue weighted by Gasteiger charge is 2.14. The lowest BCUT2D eigenvalue weighted by Gasteiger charge is -2.20. The molecule has 1 N–H and O–H groups in total. The first-order valence-corrected chi connectivity index (χ1v) is 7.84. The van der Waals surface area contributed by atoms with Crippen LogP contribution in [0.2, 0.25) is 0 Å². The molecule has 0 fully saturated rings. The van der Waals surface area contributed by atoms with Crippen molar-refractivity contribution in [2.45, 2.75) is 26.4 Å². The minimum atomic E-state index is -2.61. The molecule has 0 atom stereocenters. The van der Waals surface area contributed by atoms with Crippen molar-refractivity contribution in [3.63, 3.8) is 0 Å². The summed E-state index contributed by atoms with van der Waals surface area (Å²) in [5.74, 6) is 0.261. The Morgan fingerprint density at radius 1 is 1.55 bits per heavy atom. The van der Waals surface area contributed by atoms with Gasteiger partial charge in [-0.15, -0.1) is 11.3 Å². The molecule has 0 unspecified atom stereocenters. The van der Waals surface area contributed by atoms with E-state index >= 15 is 0 Å². The summed E-state index contributed by atoms with van der Waals surface area (Å²) in [5.41, 5.74) is 0. The molecular weight excluding hydrogens is 310 g/mol. The highest BCUT2D eigenvalue weighted by Crippen LogP contribution is 2.13. The van der Waals surface area contributed by atoms with E-state index in [1.54, 1.807) is 16.2 Å². The normalized spacial score (nSPS) is 10.9. The number of urea groups is 1. The van der Waals surface area contributed by atoms with E-state index in [1.807, 2.05) is 24.4 Å². The predicted molar refractivity (Wildman–Crippen MR) is 81.0 cm³/mol. The predicted octanol–water partition coefficient (Wildman–Crippen LogP) is 3.11. The van der Waals surface area contributed by atoms with Crippen LogP contribution in [0, 0.1) is 0 Å². The van der Waals surface area contributed by atoms with Gasteiger partial charge in [-0.2, -0.15) is 8.78 Å². The molecular formula is C14H18F2N4OS. The molecule has 0 saturated carbocycles. The summed E-state index contributed by atoms with van der Waals surface area (Å²) in [4.78, 5) is 18.7. The highest BCUT2D eigenvalue weighted by molar-refractivity contribution is 7.09. The number of hydrogen-bond acceptors (Lipinski definition) is 3. The van der Waals surface area contributed by atoms with Crippen LogP contribution in [0.5, 0.6) is 0 Å². The van der Waals surface area contributed by atoms with E-state index in [0.29, 0.717) is 13.1 Å². The Hall–Kier alpha value is -1.96. The van der Waals surface area contributed by atoms with Gasteiger partial charge in [0.2, 0.25) is 0 Å². The summed E-state index contributed by atoms with van der Waals surface area (Å²) >= 11 is 1.59. The second-order valence-corrected chi connectivity index (χ2v) is 5.64. The molecule has 0 radical (unpaired) electrons. The van der Waals surface area contributed by atoms with Gasteiger partial charge >= 0.3 is 12.6 Å². The zero-order chi connectivity index (χ0) is 15.9. The van der Waals surface area contributed by atoms with Crippen LogP contribution in [0.15, 0.2) is 29.9 Å². The number of aromatic nitrogens is 2. The van der Waals surface area contributed by atoms with Gasteiger partial charge in [-0.1, -0.05) is 6.07 Å². The fourth-order valence-corrected chi connectivity index (χ4v) is 2.75. The average Bonchev–Trinajstić information content (AvgIpc) is 3.15. The molecule has 2 aromatic heterocycles. The molecule has 2 aromatic rings. The molecule has 0 aliphatic rings. The first kappa shape index (κ1) is 16.4. The third-order valence-electron chi connectivity index (χ3n) is 3.18. The van der Waals surface area contributed by atoms with Crippen LogP contribution >= 0.6 is 11.3 Å². The average molecular weight is 328 g/mol. The second-order valence-electron chi connectivity index (χ2n) is 4.60. The SMILES string of the molecule is CCN(Cc1cccs1)C(=O)NCCc1nccn1C(F)F. The first-order valence-electron chi connectivity index (χ1n) is 6.96. The standard InChI is InChI=1S/C14H18F2N4OS/c1-2-19(10-11-4-3-9-22-11)14(21)18-6-5-12-17-7-8-20(12)13(15)16/h3-4,7-9,13H,2,5-6,10H2,1H3,(H,18,21). The summed E-state index contributed by atoms with van der Waals surface area (Å²) in [6.45, 7) is 0.681. The molecule has 5 nitrogen and oxygen atoms in total. The zero-order valence-electron chi connectivity index (χ0n) is 12.2. The number of carbonyl (C=O) groups is 1. The van der Waals surface area contributed by atoms with Crippen molar-refractivity contribution in [2.24, 2.45) is 0 Å². The van der Waals surface area contributed by atoms with Crippen LogP contribution < -0.4 is 5.32 Å². The molecule has 2 amide bonds. The van der Waals surface area contributed by atoms with E-state index in [4.69, 9.17) is 0 Å². The van der Waals surface area contributed by atoms with E-state index in [1.165, 1.54) is 12.4 Å². The lowest BCUT2D eigenvalue weighted by Crippen LogP contribution is -2.40. The number of nitrogens with one attached hydrogen (secondary N) is 1. The number of hydrogen-bond donors (Lipinski definition) is 1. The Bertz CT molecular complexity index is 585. The van der Waals surface area contributed by atoms with Gasteiger partial charge in [-0.25, -0.2) is 9.78 Å². The Balaban J connectivity index is 1.82. The van der Waals surface area contributed by atoms with E-state index in [2.05, 4.69) is 10.3 Å². The monoisotopic (exact) mass is 328 g/mol. The quantitative estimate of drug-likeness (QED) is 0.849. The Morgan fingerprint density at radius 2 is 2.36 bits per heavy atom. The van der Waals surface area contributed by atoms with Gasteiger partial charge in [0.05, 0.1) is 6.54 Å². The number of rotatable bonds is 7. The number of halogens is 2. The van der Waals surface area contributed by atoms with Crippen molar-refractivity contribution in [2.75, 3.05) is 13.1 Å². The molecule has 0 aromatic carbocycles. The first-order chi connectivity index (χ1) is 10.6. The minimum absolute atomic E-state index is 0.203. The number of imidazole rings is 1. The Morgan fingerprint density at radius 3 is 3.00 bits per heavy atom. The van der Waals surface area contributed by atoms with Crippen LogP contribution in [0.4, 0.5) is 13.6 Å². The largest absolute Gasteiger partial charge is 0.338 e. The van der Waals surface area contributed by atoms with Crippen molar-refractivity contribution >= 4 is 17.4 Å². The van der Waals surface area contributed by atoms with E-state index < -0.39 is 6.55 Å². The van der Waals surface area contributed by atoms with Crippen molar-refractivity contribution in [3.05, 3.63) is 40.6 Å². The Kier molecular flexibility index (Phi) is 5.88. The minimum Gasteiger partial charge on any atom is -0.338 e. The maximum Gasteiger partial charge on any atom is 0.319 e. The fraction of sp³-hybridized carbons (Fsp3) is 0.429. The van der Waals surface area contributed by atoms with E-state index in [0.717, 1.165) is 9.44 Å². The van der Waals surface area contributed by atoms with Gasteiger partial charge in [0.25, 0.3) is 0 Å². The molecule has 0 aliphatic carbocycles. The van der Waals surface area contributed by atoms with Gasteiger partial charge in [0, 0.05) is 36.8 Å². The van der Waals surface area contributed by atoms with E-state index in [9.17, 15) is 13.6 Å². The van der Waals surface area contributed by atoms with Crippen molar-refractivity contribution in [3.8, 4) is 0 Å². The summed E-state index contributed by atoms with van der Waals surface area (Å²) in [5, 5.41) is 4.71. The molecule has 0 saturated heterocycles. The molecule has 8 heteroatoms. The van der Waals surface area contributed by atoms with Crippen molar-refractivity contribution in [1.29, 1.82) is 0 Å². The van der Waals surface area contributed by atoms with Crippen LogP contribution in [0.3, 0.4) is 0 Å². The third-order valence-corrected chi connectivity index (χ3v) is 4.04. The fourth-order valence-electron chi connectivity index (χ4n) is 2.03. The molecule has 0 spiro atoms. The van der Waals surface area contributed by atoms with Gasteiger partial charge in [0.1, 0.15) is 5.82 Å². The summed E-state index contributed by atoms with van der Waals surface area (Å²) in [6.07, 6.45) is 2.83. The van der Waals surface area contributed by atoms with Crippen molar-refractivity contribution in [1.82, 2.24) is 19.8 Å². The molecule has 2 rings (SSSR count).